The normalized spacial score (nSPS) is 15.2. The molecule has 0 radical (unpaired) electrons. The van der Waals surface area contributed by atoms with Crippen molar-refractivity contribution in [1.82, 2.24) is 9.80 Å². The minimum Gasteiger partial charge on any atom is -0.396 e. The Balaban J connectivity index is 2.49. The fourth-order valence-electron chi connectivity index (χ4n) is 1.86. The minimum absolute atomic E-state index is 0.0131. The molecule has 1 saturated carbocycles. The molecule has 1 N–H and O–H groups in total. The summed E-state index contributed by atoms with van der Waals surface area (Å²) in [6, 6.07) is 0.314. The van der Waals surface area contributed by atoms with Crippen molar-refractivity contribution in [2.45, 2.75) is 38.6 Å². The summed E-state index contributed by atoms with van der Waals surface area (Å²) < 4.78 is 0. The fraction of sp³-hybridized carbons (Fsp3) is 0.833. The second-order valence-corrected chi connectivity index (χ2v) is 4.62. The zero-order chi connectivity index (χ0) is 12.8. The Morgan fingerprint density at radius 3 is 2.41 bits per heavy atom. The third-order valence-electron chi connectivity index (χ3n) is 3.30. The van der Waals surface area contributed by atoms with Crippen LogP contribution in [-0.4, -0.2) is 59.5 Å². The van der Waals surface area contributed by atoms with Gasteiger partial charge in [0.05, 0.1) is 6.54 Å². The van der Waals surface area contributed by atoms with E-state index in [0.717, 1.165) is 19.3 Å². The van der Waals surface area contributed by atoms with Crippen molar-refractivity contribution in [3.63, 3.8) is 0 Å². The maximum Gasteiger partial charge on any atom is 0.242 e. The highest BCUT2D eigenvalue weighted by molar-refractivity contribution is 5.83. The number of carbonyl (C=O) groups is 2. The van der Waals surface area contributed by atoms with E-state index in [0.29, 0.717) is 19.0 Å². The molecule has 1 fully saturated rings. The molecule has 0 aromatic carbocycles. The first-order valence-corrected chi connectivity index (χ1v) is 6.18. The van der Waals surface area contributed by atoms with Crippen LogP contribution in [0.25, 0.3) is 0 Å². The lowest BCUT2D eigenvalue weighted by atomic mass is 9.91. The van der Waals surface area contributed by atoms with Crippen LogP contribution < -0.4 is 0 Å². The number of nitrogens with zero attached hydrogens (tertiary/aromatic N) is 2. The van der Waals surface area contributed by atoms with E-state index < -0.39 is 0 Å². The number of hydrogen-bond donors (Lipinski definition) is 1. The van der Waals surface area contributed by atoms with Gasteiger partial charge in [0.25, 0.3) is 0 Å². The van der Waals surface area contributed by atoms with Crippen molar-refractivity contribution in [3.05, 3.63) is 0 Å². The lowest BCUT2D eigenvalue weighted by Crippen LogP contribution is -2.48. The molecule has 0 bridgehead atoms. The number of likely N-dealkylation sites (N-methyl/N-ethyl adjacent to an activating group) is 1. The minimum atomic E-state index is -0.103. The summed E-state index contributed by atoms with van der Waals surface area (Å²) in [5.41, 5.74) is 0. The number of aliphatic hydroxyl groups excluding tert-OH is 1. The molecule has 1 aliphatic carbocycles. The van der Waals surface area contributed by atoms with Crippen LogP contribution in [0.15, 0.2) is 0 Å². The van der Waals surface area contributed by atoms with Crippen LogP contribution in [0.5, 0.6) is 0 Å². The molecule has 5 heteroatoms. The van der Waals surface area contributed by atoms with Crippen molar-refractivity contribution < 1.29 is 14.7 Å². The van der Waals surface area contributed by atoms with Gasteiger partial charge in [-0.2, -0.15) is 0 Å². The molecule has 0 aromatic rings. The lowest BCUT2D eigenvalue weighted by molar-refractivity contribution is -0.141. The van der Waals surface area contributed by atoms with Crippen molar-refractivity contribution >= 4 is 11.8 Å². The van der Waals surface area contributed by atoms with E-state index in [4.69, 9.17) is 5.11 Å². The summed E-state index contributed by atoms with van der Waals surface area (Å²) >= 11 is 0. The molecule has 5 nitrogen and oxygen atoms in total. The van der Waals surface area contributed by atoms with Gasteiger partial charge in [-0.25, -0.2) is 0 Å². The van der Waals surface area contributed by atoms with E-state index in [-0.39, 0.29) is 25.0 Å². The first kappa shape index (κ1) is 14.0. The molecule has 2 amide bonds. The first-order chi connectivity index (χ1) is 8.06. The van der Waals surface area contributed by atoms with Crippen molar-refractivity contribution in [2.75, 3.05) is 26.7 Å². The van der Waals surface area contributed by atoms with Gasteiger partial charge in [-0.1, -0.05) is 0 Å². The van der Waals surface area contributed by atoms with E-state index in [1.165, 1.54) is 11.8 Å². The Labute approximate surface area is 102 Å². The number of rotatable bonds is 6. The van der Waals surface area contributed by atoms with E-state index in [9.17, 15) is 9.59 Å². The Morgan fingerprint density at radius 2 is 2.00 bits per heavy atom. The summed E-state index contributed by atoms with van der Waals surface area (Å²) in [6.45, 7) is 2.27. The first-order valence-electron chi connectivity index (χ1n) is 6.18. The van der Waals surface area contributed by atoms with Crippen molar-refractivity contribution in [1.29, 1.82) is 0 Å². The summed E-state index contributed by atoms with van der Waals surface area (Å²) in [6.07, 6.45) is 3.85. The smallest absolute Gasteiger partial charge is 0.242 e. The van der Waals surface area contributed by atoms with Crippen LogP contribution in [0.3, 0.4) is 0 Å². The zero-order valence-electron chi connectivity index (χ0n) is 10.7. The van der Waals surface area contributed by atoms with E-state index >= 15 is 0 Å². The van der Waals surface area contributed by atoms with E-state index in [2.05, 4.69) is 0 Å². The molecule has 1 aliphatic rings. The Bertz CT molecular complexity index is 277. The Kier molecular flexibility index (Phi) is 5.41. The second kappa shape index (κ2) is 6.59. The molecule has 0 heterocycles. The molecular formula is C12H22N2O3. The van der Waals surface area contributed by atoms with Crippen LogP contribution in [0.4, 0.5) is 0 Å². The quantitative estimate of drug-likeness (QED) is 0.725. The van der Waals surface area contributed by atoms with Crippen LogP contribution in [0.1, 0.15) is 32.6 Å². The predicted octanol–water partition coefficient (Wildman–Crippen LogP) is 0.228. The highest BCUT2D eigenvalue weighted by atomic mass is 16.3. The molecule has 0 saturated heterocycles. The van der Waals surface area contributed by atoms with Crippen LogP contribution >= 0.6 is 0 Å². The van der Waals surface area contributed by atoms with Crippen LogP contribution in [-0.2, 0) is 9.59 Å². The molecule has 0 aliphatic heterocycles. The van der Waals surface area contributed by atoms with Crippen LogP contribution in [0, 0.1) is 0 Å². The lowest BCUT2D eigenvalue weighted by Gasteiger charge is -2.38. The SMILES string of the molecule is CC(=O)N(C)CC(=O)N(CCCO)C1CCC1. The number of hydrogen-bond acceptors (Lipinski definition) is 3. The maximum atomic E-state index is 12.0. The standard InChI is InChI=1S/C12H22N2O3/c1-10(16)13(2)9-12(17)14(7-4-8-15)11-5-3-6-11/h11,15H,3-9H2,1-2H3. The molecule has 98 valence electrons. The van der Waals surface area contributed by atoms with Crippen molar-refractivity contribution in [3.8, 4) is 0 Å². The molecular weight excluding hydrogens is 220 g/mol. The molecule has 17 heavy (non-hydrogen) atoms. The van der Waals surface area contributed by atoms with Gasteiger partial charge >= 0.3 is 0 Å². The Morgan fingerprint density at radius 1 is 1.35 bits per heavy atom. The third kappa shape index (κ3) is 4.00. The average molecular weight is 242 g/mol. The maximum absolute atomic E-state index is 12.0. The molecule has 0 spiro atoms. The highest BCUT2D eigenvalue weighted by Crippen LogP contribution is 2.25. The molecule has 1 rings (SSSR count). The van der Waals surface area contributed by atoms with Gasteiger partial charge in [0.15, 0.2) is 0 Å². The molecule has 0 unspecified atom stereocenters. The van der Waals surface area contributed by atoms with Gasteiger partial charge in [0, 0.05) is 33.2 Å². The van der Waals surface area contributed by atoms with Gasteiger partial charge in [0.1, 0.15) is 0 Å². The second-order valence-electron chi connectivity index (χ2n) is 4.62. The number of carbonyl (C=O) groups excluding carboxylic acids is 2. The fourth-order valence-corrected chi connectivity index (χ4v) is 1.86. The molecule has 0 aromatic heterocycles. The Hall–Kier alpha value is -1.10. The largest absolute Gasteiger partial charge is 0.396 e. The van der Waals surface area contributed by atoms with E-state index in [1.54, 1.807) is 7.05 Å². The monoisotopic (exact) mass is 242 g/mol. The van der Waals surface area contributed by atoms with Gasteiger partial charge in [-0.05, 0) is 25.7 Å². The topological polar surface area (TPSA) is 60.9 Å². The number of amides is 2. The summed E-state index contributed by atoms with van der Waals surface area (Å²) in [7, 11) is 1.63. The van der Waals surface area contributed by atoms with Crippen molar-refractivity contribution in [2.24, 2.45) is 0 Å². The molecule has 0 atom stereocenters. The van der Waals surface area contributed by atoms with E-state index in [1.807, 2.05) is 4.90 Å². The highest BCUT2D eigenvalue weighted by Gasteiger charge is 2.28. The summed E-state index contributed by atoms with van der Waals surface area (Å²) in [5, 5.41) is 8.84. The van der Waals surface area contributed by atoms with Crippen LogP contribution in [0.2, 0.25) is 0 Å². The zero-order valence-corrected chi connectivity index (χ0v) is 10.7. The summed E-state index contributed by atoms with van der Waals surface area (Å²) in [4.78, 5) is 26.4. The number of aliphatic hydroxyl groups is 1. The third-order valence-corrected chi connectivity index (χ3v) is 3.30. The van der Waals surface area contributed by atoms with Gasteiger partial charge in [-0.15, -0.1) is 0 Å². The summed E-state index contributed by atoms with van der Waals surface area (Å²) in [5.74, 6) is -0.116. The van der Waals surface area contributed by atoms with Gasteiger partial charge in [0.2, 0.25) is 11.8 Å². The average Bonchev–Trinajstić information content (AvgIpc) is 2.20. The predicted molar refractivity (Wildman–Crippen MR) is 64.4 cm³/mol. The van der Waals surface area contributed by atoms with Gasteiger partial charge < -0.3 is 14.9 Å². The van der Waals surface area contributed by atoms with Gasteiger partial charge in [-0.3, -0.25) is 9.59 Å².